The van der Waals surface area contributed by atoms with Crippen molar-refractivity contribution in [3.05, 3.63) is 36.0 Å². The number of carbonyl (C=O) groups is 4. The van der Waals surface area contributed by atoms with Gasteiger partial charge in [-0.05, 0) is 46.2 Å². The van der Waals surface area contributed by atoms with Gasteiger partial charge in [-0.25, -0.2) is 4.79 Å². The number of rotatable bonds is 10. The second kappa shape index (κ2) is 12.1. The Morgan fingerprint density at radius 1 is 1.00 bits per heavy atom. The highest BCUT2D eigenvalue weighted by Crippen LogP contribution is 2.23. The molecule has 0 aliphatic rings. The van der Waals surface area contributed by atoms with Gasteiger partial charge in [0, 0.05) is 23.5 Å². The molecule has 186 valence electrons. The van der Waals surface area contributed by atoms with Crippen molar-refractivity contribution in [3.8, 4) is 0 Å². The number of fused-ring (bicyclic) bond motifs is 1. The predicted octanol–water partition coefficient (Wildman–Crippen LogP) is 2.32. The molecule has 34 heavy (non-hydrogen) atoms. The van der Waals surface area contributed by atoms with Crippen molar-refractivity contribution in [1.82, 2.24) is 15.2 Å². The maximum atomic E-state index is 12.9. The minimum Gasteiger partial charge on any atom is -0.465 e. The van der Waals surface area contributed by atoms with Crippen LogP contribution in [0.3, 0.4) is 0 Å². The molecule has 1 aromatic carbocycles. The molecule has 0 aliphatic heterocycles. The normalized spacial score (nSPS) is 12.0. The molecule has 0 bridgehead atoms. The van der Waals surface area contributed by atoms with Gasteiger partial charge in [-0.15, -0.1) is 0 Å². The van der Waals surface area contributed by atoms with Gasteiger partial charge in [-0.1, -0.05) is 18.2 Å². The highest BCUT2D eigenvalue weighted by Gasteiger charge is 2.26. The third-order valence-electron chi connectivity index (χ3n) is 4.62. The minimum atomic E-state index is -1.04. The summed E-state index contributed by atoms with van der Waals surface area (Å²) in [5.41, 5.74) is 0.756. The fraction of sp³-hybridized carbons (Fsp3) is 0.500. The molecule has 0 aliphatic carbocycles. The average Bonchev–Trinajstić information content (AvgIpc) is 3.08. The van der Waals surface area contributed by atoms with E-state index in [1.807, 2.05) is 24.3 Å². The van der Waals surface area contributed by atoms with Crippen molar-refractivity contribution in [1.29, 1.82) is 0 Å². The lowest BCUT2D eigenvalue weighted by Gasteiger charge is -2.23. The molecule has 0 unspecified atom stereocenters. The molecule has 1 heterocycles. The summed E-state index contributed by atoms with van der Waals surface area (Å²) in [5.74, 6) is -1.54. The predicted molar refractivity (Wildman–Crippen MR) is 125 cm³/mol. The Bertz CT molecular complexity index is 1020. The van der Waals surface area contributed by atoms with Crippen molar-refractivity contribution < 1.29 is 33.4 Å². The molecule has 0 fully saturated rings. The van der Waals surface area contributed by atoms with Crippen LogP contribution in [0.2, 0.25) is 0 Å². The van der Waals surface area contributed by atoms with Crippen LogP contribution >= 0.6 is 0 Å². The first-order valence-corrected chi connectivity index (χ1v) is 11.2. The SMILES string of the molecule is CCOC(=O)CNC(=O)[C@H](Cc1cn(CC(=O)OCC)c2ccccc12)NC(=O)OC(C)(C)C. The molecule has 1 aromatic heterocycles. The van der Waals surface area contributed by atoms with E-state index >= 15 is 0 Å². The summed E-state index contributed by atoms with van der Waals surface area (Å²) in [4.78, 5) is 49.0. The largest absolute Gasteiger partial charge is 0.465 e. The van der Waals surface area contributed by atoms with Crippen LogP contribution in [0.4, 0.5) is 4.79 Å². The summed E-state index contributed by atoms with van der Waals surface area (Å²) in [6, 6.07) is 6.38. The summed E-state index contributed by atoms with van der Waals surface area (Å²) < 4.78 is 16.9. The molecule has 2 N–H and O–H groups in total. The van der Waals surface area contributed by atoms with E-state index in [4.69, 9.17) is 14.2 Å². The van der Waals surface area contributed by atoms with Crippen molar-refractivity contribution >= 4 is 34.8 Å². The lowest BCUT2D eigenvalue weighted by Crippen LogP contribution is -2.50. The fourth-order valence-electron chi connectivity index (χ4n) is 3.34. The number of benzene rings is 1. The number of amides is 2. The molecule has 2 aromatic rings. The van der Waals surface area contributed by atoms with E-state index in [2.05, 4.69) is 10.6 Å². The maximum Gasteiger partial charge on any atom is 0.408 e. The van der Waals surface area contributed by atoms with Crippen molar-refractivity contribution in [2.75, 3.05) is 19.8 Å². The summed E-state index contributed by atoms with van der Waals surface area (Å²) in [5, 5.41) is 5.90. The van der Waals surface area contributed by atoms with Gasteiger partial charge in [-0.2, -0.15) is 0 Å². The number of ether oxygens (including phenoxy) is 3. The molecular weight excluding hydrogens is 442 g/mol. The maximum absolute atomic E-state index is 12.9. The van der Waals surface area contributed by atoms with Gasteiger partial charge >= 0.3 is 18.0 Å². The Balaban J connectivity index is 2.30. The Morgan fingerprint density at radius 3 is 2.29 bits per heavy atom. The molecule has 0 radical (unpaired) electrons. The molecule has 2 rings (SSSR count). The number of alkyl carbamates (subject to hydrolysis) is 1. The van der Waals surface area contributed by atoms with Crippen molar-refractivity contribution in [3.63, 3.8) is 0 Å². The van der Waals surface area contributed by atoms with E-state index in [0.717, 1.165) is 16.5 Å². The van der Waals surface area contributed by atoms with E-state index in [1.54, 1.807) is 45.4 Å². The molecule has 2 amide bonds. The molecule has 0 saturated carbocycles. The number of nitrogens with zero attached hydrogens (tertiary/aromatic N) is 1. The number of esters is 2. The van der Waals surface area contributed by atoms with Gasteiger partial charge < -0.3 is 29.4 Å². The zero-order chi connectivity index (χ0) is 25.3. The molecule has 10 nitrogen and oxygen atoms in total. The first kappa shape index (κ1) is 26.7. The lowest BCUT2D eigenvalue weighted by atomic mass is 10.0. The Morgan fingerprint density at radius 2 is 1.65 bits per heavy atom. The van der Waals surface area contributed by atoms with Crippen LogP contribution in [0.15, 0.2) is 30.5 Å². The number of para-hydroxylation sites is 1. The average molecular weight is 476 g/mol. The van der Waals surface area contributed by atoms with Gasteiger partial charge in [0.15, 0.2) is 0 Å². The summed E-state index contributed by atoms with van der Waals surface area (Å²) in [6.07, 6.45) is 1.09. The molecule has 0 saturated heterocycles. The second-order valence-corrected chi connectivity index (χ2v) is 8.53. The Labute approximate surface area is 198 Å². The quantitative estimate of drug-likeness (QED) is 0.399. The Hall–Kier alpha value is -3.56. The van der Waals surface area contributed by atoms with Gasteiger partial charge in [0.05, 0.1) is 13.2 Å². The monoisotopic (exact) mass is 475 g/mol. The van der Waals surface area contributed by atoms with Crippen LogP contribution < -0.4 is 10.6 Å². The van der Waals surface area contributed by atoms with Gasteiger partial charge in [0.25, 0.3) is 0 Å². The first-order chi connectivity index (χ1) is 16.0. The third kappa shape index (κ3) is 8.09. The van der Waals surface area contributed by atoms with Crippen molar-refractivity contribution in [2.24, 2.45) is 0 Å². The second-order valence-electron chi connectivity index (χ2n) is 8.53. The zero-order valence-electron chi connectivity index (χ0n) is 20.3. The van der Waals surface area contributed by atoms with Crippen LogP contribution in [-0.2, 0) is 41.6 Å². The van der Waals surface area contributed by atoms with E-state index in [-0.39, 0.29) is 38.7 Å². The van der Waals surface area contributed by atoms with E-state index in [1.165, 1.54) is 0 Å². The van der Waals surface area contributed by atoms with Crippen molar-refractivity contribution in [2.45, 2.75) is 59.2 Å². The summed E-state index contributed by atoms with van der Waals surface area (Å²) in [6.45, 7) is 8.68. The lowest BCUT2D eigenvalue weighted by molar-refractivity contribution is -0.144. The molecule has 1 atom stereocenters. The molecule has 10 heteroatoms. The van der Waals surface area contributed by atoms with Gasteiger partial charge in [-0.3, -0.25) is 14.4 Å². The van der Waals surface area contributed by atoms with E-state index in [0.29, 0.717) is 0 Å². The zero-order valence-corrected chi connectivity index (χ0v) is 20.3. The summed E-state index contributed by atoms with van der Waals surface area (Å²) >= 11 is 0. The van der Waals surface area contributed by atoms with Gasteiger partial charge in [0.1, 0.15) is 24.7 Å². The smallest absolute Gasteiger partial charge is 0.408 e. The van der Waals surface area contributed by atoms with Crippen LogP contribution in [0.5, 0.6) is 0 Å². The van der Waals surface area contributed by atoms with Gasteiger partial charge in [0.2, 0.25) is 5.91 Å². The van der Waals surface area contributed by atoms with E-state index in [9.17, 15) is 19.2 Å². The summed E-state index contributed by atoms with van der Waals surface area (Å²) in [7, 11) is 0. The van der Waals surface area contributed by atoms with Crippen LogP contribution in [0, 0.1) is 0 Å². The number of nitrogens with one attached hydrogen (secondary N) is 2. The third-order valence-corrected chi connectivity index (χ3v) is 4.62. The molecular formula is C24H33N3O7. The number of carbonyl (C=O) groups excluding carboxylic acids is 4. The minimum absolute atomic E-state index is 0.00751. The van der Waals surface area contributed by atoms with Crippen LogP contribution in [0.25, 0.3) is 10.9 Å². The number of aromatic nitrogens is 1. The molecule has 0 spiro atoms. The standard InChI is InChI=1S/C24H33N3O7/c1-6-32-20(28)13-25-22(30)18(26-23(31)34-24(3,4)5)12-16-14-27(15-21(29)33-7-2)19-11-9-8-10-17(16)19/h8-11,14,18H,6-7,12-13,15H2,1-5H3,(H,25,30)(H,26,31)/t18-/m0/s1. The number of hydrogen-bond acceptors (Lipinski definition) is 7. The van der Waals surface area contributed by atoms with Crippen LogP contribution in [0.1, 0.15) is 40.2 Å². The fourth-order valence-corrected chi connectivity index (χ4v) is 3.34. The van der Waals surface area contributed by atoms with Crippen LogP contribution in [-0.4, -0.2) is 59.9 Å². The highest BCUT2D eigenvalue weighted by atomic mass is 16.6. The topological polar surface area (TPSA) is 125 Å². The highest BCUT2D eigenvalue weighted by molar-refractivity contribution is 5.90. The first-order valence-electron chi connectivity index (χ1n) is 11.2. The van der Waals surface area contributed by atoms with E-state index < -0.39 is 29.6 Å². The Kier molecular flexibility index (Phi) is 9.47. The number of hydrogen-bond donors (Lipinski definition) is 2.